The number of rotatable bonds is 4. The van der Waals surface area contributed by atoms with Gasteiger partial charge in [0.25, 0.3) is 5.91 Å². The molecule has 1 aromatic carbocycles. The molecule has 0 aliphatic carbocycles. The van der Waals surface area contributed by atoms with E-state index in [0.717, 1.165) is 10.5 Å². The van der Waals surface area contributed by atoms with Crippen LogP contribution in [-0.4, -0.2) is 41.1 Å². The molecule has 23 heavy (non-hydrogen) atoms. The zero-order valence-electron chi connectivity index (χ0n) is 13.5. The molecule has 1 aliphatic rings. The van der Waals surface area contributed by atoms with E-state index < -0.39 is 23.7 Å². The van der Waals surface area contributed by atoms with Crippen molar-refractivity contribution in [2.75, 3.05) is 6.54 Å². The van der Waals surface area contributed by atoms with Crippen molar-refractivity contribution in [2.24, 2.45) is 0 Å². The zero-order chi connectivity index (χ0) is 17.0. The van der Waals surface area contributed by atoms with Crippen molar-refractivity contribution in [3.05, 3.63) is 35.9 Å². The van der Waals surface area contributed by atoms with E-state index in [-0.39, 0.29) is 19.1 Å². The molecule has 1 unspecified atom stereocenters. The summed E-state index contributed by atoms with van der Waals surface area (Å²) in [7, 11) is 0. The van der Waals surface area contributed by atoms with Crippen LogP contribution in [0.5, 0.6) is 0 Å². The second-order valence-corrected chi connectivity index (χ2v) is 5.91. The lowest BCUT2D eigenvalue weighted by molar-refractivity contribution is -0.147. The largest absolute Gasteiger partial charge is 0.445 e. The SMILES string of the molecule is CC(NC(=O)OCc1ccccc1)C(=O)N1C(=O)CNC1(C)C. The Labute approximate surface area is 135 Å². The molecule has 2 rings (SSSR count). The summed E-state index contributed by atoms with van der Waals surface area (Å²) in [5.41, 5.74) is 0.0830. The molecule has 1 saturated heterocycles. The quantitative estimate of drug-likeness (QED) is 0.864. The average Bonchev–Trinajstić information content (AvgIpc) is 2.79. The molecule has 0 bridgehead atoms. The van der Waals surface area contributed by atoms with E-state index >= 15 is 0 Å². The summed E-state index contributed by atoms with van der Waals surface area (Å²) in [4.78, 5) is 37.1. The van der Waals surface area contributed by atoms with Gasteiger partial charge in [-0.05, 0) is 26.3 Å². The highest BCUT2D eigenvalue weighted by Crippen LogP contribution is 2.18. The van der Waals surface area contributed by atoms with Crippen molar-refractivity contribution in [1.82, 2.24) is 15.5 Å². The Bertz CT molecular complexity index is 601. The summed E-state index contributed by atoms with van der Waals surface area (Å²) in [6, 6.07) is 8.36. The molecule has 7 nitrogen and oxygen atoms in total. The van der Waals surface area contributed by atoms with Gasteiger partial charge in [-0.25, -0.2) is 4.79 Å². The molecular weight excluding hydrogens is 298 g/mol. The maximum Gasteiger partial charge on any atom is 0.408 e. The second-order valence-electron chi connectivity index (χ2n) is 5.91. The van der Waals surface area contributed by atoms with Gasteiger partial charge in [-0.15, -0.1) is 0 Å². The third-order valence-electron chi connectivity index (χ3n) is 3.62. The molecule has 1 aliphatic heterocycles. The number of ether oxygens (including phenoxy) is 1. The van der Waals surface area contributed by atoms with Crippen molar-refractivity contribution < 1.29 is 19.1 Å². The number of carbonyl (C=O) groups is 3. The highest BCUT2D eigenvalue weighted by Gasteiger charge is 2.43. The highest BCUT2D eigenvalue weighted by atomic mass is 16.5. The first-order valence-electron chi connectivity index (χ1n) is 7.40. The van der Waals surface area contributed by atoms with E-state index in [9.17, 15) is 14.4 Å². The number of nitrogens with zero attached hydrogens (tertiary/aromatic N) is 1. The van der Waals surface area contributed by atoms with Crippen molar-refractivity contribution >= 4 is 17.9 Å². The summed E-state index contributed by atoms with van der Waals surface area (Å²) in [6.45, 7) is 5.20. The Morgan fingerprint density at radius 3 is 2.57 bits per heavy atom. The summed E-state index contributed by atoms with van der Waals surface area (Å²) in [5, 5.41) is 5.40. The number of carbonyl (C=O) groups excluding carboxylic acids is 3. The molecule has 7 heteroatoms. The molecule has 1 fully saturated rings. The van der Waals surface area contributed by atoms with Crippen molar-refractivity contribution in [1.29, 1.82) is 0 Å². The fourth-order valence-electron chi connectivity index (χ4n) is 2.36. The molecule has 2 N–H and O–H groups in total. The Morgan fingerprint density at radius 1 is 1.35 bits per heavy atom. The van der Waals surface area contributed by atoms with E-state index in [2.05, 4.69) is 10.6 Å². The van der Waals surface area contributed by atoms with Crippen LogP contribution >= 0.6 is 0 Å². The van der Waals surface area contributed by atoms with Gasteiger partial charge in [0.15, 0.2) is 0 Å². The first-order valence-corrected chi connectivity index (χ1v) is 7.40. The first-order chi connectivity index (χ1) is 10.8. The minimum atomic E-state index is -0.860. The lowest BCUT2D eigenvalue weighted by Gasteiger charge is -2.31. The van der Waals surface area contributed by atoms with Gasteiger partial charge < -0.3 is 10.1 Å². The van der Waals surface area contributed by atoms with Gasteiger partial charge in [0.05, 0.1) is 12.2 Å². The Balaban J connectivity index is 1.88. The summed E-state index contributed by atoms with van der Waals surface area (Å²) in [6.07, 6.45) is -0.702. The first kappa shape index (κ1) is 17.0. The van der Waals surface area contributed by atoms with Crippen LogP contribution < -0.4 is 10.6 Å². The molecule has 1 heterocycles. The molecule has 124 valence electrons. The van der Waals surface area contributed by atoms with Crippen LogP contribution in [0.15, 0.2) is 30.3 Å². The van der Waals surface area contributed by atoms with Gasteiger partial charge in [-0.1, -0.05) is 30.3 Å². The van der Waals surface area contributed by atoms with Crippen LogP contribution in [0.1, 0.15) is 26.3 Å². The fraction of sp³-hybridized carbons (Fsp3) is 0.438. The maximum absolute atomic E-state index is 12.4. The van der Waals surface area contributed by atoms with E-state index in [1.807, 2.05) is 30.3 Å². The van der Waals surface area contributed by atoms with E-state index in [1.54, 1.807) is 13.8 Å². The highest BCUT2D eigenvalue weighted by molar-refractivity contribution is 6.01. The molecule has 0 saturated carbocycles. The minimum Gasteiger partial charge on any atom is -0.445 e. The Hall–Kier alpha value is -2.41. The van der Waals surface area contributed by atoms with Crippen LogP contribution in [0.2, 0.25) is 0 Å². The number of amides is 3. The van der Waals surface area contributed by atoms with E-state index in [4.69, 9.17) is 4.74 Å². The minimum absolute atomic E-state index is 0.101. The summed E-state index contributed by atoms with van der Waals surface area (Å²) < 4.78 is 5.07. The van der Waals surface area contributed by atoms with Crippen molar-refractivity contribution in [3.63, 3.8) is 0 Å². The number of nitrogens with one attached hydrogen (secondary N) is 2. The van der Waals surface area contributed by atoms with Crippen LogP contribution in [0.4, 0.5) is 4.79 Å². The summed E-state index contributed by atoms with van der Waals surface area (Å²) in [5.74, 6) is -0.784. The van der Waals surface area contributed by atoms with E-state index in [1.165, 1.54) is 6.92 Å². The number of imide groups is 1. The normalized spacial score (nSPS) is 17.7. The molecule has 3 amide bonds. The van der Waals surface area contributed by atoms with Crippen LogP contribution in [-0.2, 0) is 20.9 Å². The smallest absolute Gasteiger partial charge is 0.408 e. The van der Waals surface area contributed by atoms with Gasteiger partial charge >= 0.3 is 6.09 Å². The molecule has 1 atom stereocenters. The van der Waals surface area contributed by atoms with Gasteiger partial charge in [0.2, 0.25) is 5.91 Å². The molecule has 0 radical (unpaired) electrons. The predicted octanol–water partition coefficient (Wildman–Crippen LogP) is 0.996. The maximum atomic E-state index is 12.4. The number of alkyl carbamates (subject to hydrolysis) is 1. The molecule has 0 spiro atoms. The number of benzene rings is 1. The van der Waals surface area contributed by atoms with E-state index in [0.29, 0.717) is 0 Å². The number of hydrogen-bond acceptors (Lipinski definition) is 5. The lowest BCUT2D eigenvalue weighted by Crippen LogP contribution is -2.56. The van der Waals surface area contributed by atoms with Crippen LogP contribution in [0.3, 0.4) is 0 Å². The van der Waals surface area contributed by atoms with Gasteiger partial charge in [-0.3, -0.25) is 19.8 Å². The van der Waals surface area contributed by atoms with Gasteiger partial charge in [0.1, 0.15) is 12.6 Å². The fourth-order valence-corrected chi connectivity index (χ4v) is 2.36. The Morgan fingerprint density at radius 2 is 2.00 bits per heavy atom. The van der Waals surface area contributed by atoms with Crippen LogP contribution in [0.25, 0.3) is 0 Å². The topological polar surface area (TPSA) is 87.7 Å². The van der Waals surface area contributed by atoms with Gasteiger partial charge in [-0.2, -0.15) is 0 Å². The third kappa shape index (κ3) is 4.07. The zero-order valence-corrected chi connectivity index (χ0v) is 13.5. The molecular formula is C16H21N3O4. The average molecular weight is 319 g/mol. The molecule has 0 aromatic heterocycles. The van der Waals surface area contributed by atoms with Crippen molar-refractivity contribution in [2.45, 2.75) is 39.1 Å². The lowest BCUT2D eigenvalue weighted by atomic mass is 10.2. The predicted molar refractivity (Wildman–Crippen MR) is 83.2 cm³/mol. The monoisotopic (exact) mass is 319 g/mol. The van der Waals surface area contributed by atoms with Gasteiger partial charge in [0, 0.05) is 0 Å². The van der Waals surface area contributed by atoms with Crippen LogP contribution in [0, 0.1) is 0 Å². The molecule has 1 aromatic rings. The standard InChI is InChI=1S/C16H21N3O4/c1-11(14(21)19-13(20)9-17-16(19,2)3)18-15(22)23-10-12-7-5-4-6-8-12/h4-8,11,17H,9-10H2,1-3H3,(H,18,22). The second kappa shape index (κ2) is 6.78. The van der Waals surface area contributed by atoms with Crippen molar-refractivity contribution in [3.8, 4) is 0 Å². The third-order valence-corrected chi connectivity index (χ3v) is 3.62. The summed E-state index contributed by atoms with van der Waals surface area (Å²) >= 11 is 0. The number of hydrogen-bond donors (Lipinski definition) is 2. The Kier molecular flexibility index (Phi) is 5.00.